The van der Waals surface area contributed by atoms with Crippen LogP contribution >= 0.6 is 0 Å². The van der Waals surface area contributed by atoms with Gasteiger partial charge in [-0.25, -0.2) is 24.0 Å². The molecule has 1 aromatic carbocycles. The lowest BCUT2D eigenvalue weighted by Crippen LogP contribution is -2.53. The van der Waals surface area contributed by atoms with Crippen LogP contribution in [0.1, 0.15) is 30.5 Å². The predicted octanol–water partition coefficient (Wildman–Crippen LogP) is 2.40. The number of aromatic nitrogens is 3. The van der Waals surface area contributed by atoms with E-state index in [0.29, 0.717) is 12.8 Å². The van der Waals surface area contributed by atoms with Crippen molar-refractivity contribution in [1.29, 1.82) is 0 Å². The van der Waals surface area contributed by atoms with Crippen LogP contribution in [0.4, 0.5) is 25.8 Å². The van der Waals surface area contributed by atoms with Crippen LogP contribution < -0.4 is 27.8 Å². The van der Waals surface area contributed by atoms with Gasteiger partial charge in [-0.3, -0.25) is 19.4 Å². The molecule has 4 rings (SSSR count). The maximum absolute atomic E-state index is 14.0. The van der Waals surface area contributed by atoms with Crippen molar-refractivity contribution in [2.75, 3.05) is 10.7 Å². The van der Waals surface area contributed by atoms with Gasteiger partial charge in [-0.1, -0.05) is 5.92 Å². The molecular weight excluding hydrogens is 430 g/mol. The summed E-state index contributed by atoms with van der Waals surface area (Å²) in [7, 11) is 0. The minimum absolute atomic E-state index is 0.142. The topological polar surface area (TPSA) is 112 Å². The van der Waals surface area contributed by atoms with E-state index in [1.807, 2.05) is 0 Å². The summed E-state index contributed by atoms with van der Waals surface area (Å²) in [6.45, 7) is 3.30. The van der Waals surface area contributed by atoms with Crippen LogP contribution in [0.2, 0.25) is 0 Å². The SMILES string of the molecule is C#CC1(n2c(C)c(N(N)c3cc(F)c(F)cc3N)c(=O)n(-c3cncc(C)c3)c2=O)CCC1. The number of nitrogens with two attached hydrogens (primary N) is 2. The van der Waals surface area contributed by atoms with Crippen molar-refractivity contribution < 1.29 is 8.78 Å². The molecule has 0 radical (unpaired) electrons. The number of hydrogen-bond donors (Lipinski definition) is 2. The summed E-state index contributed by atoms with van der Waals surface area (Å²) < 4.78 is 29.9. The summed E-state index contributed by atoms with van der Waals surface area (Å²) in [6.07, 6.45) is 10.6. The summed E-state index contributed by atoms with van der Waals surface area (Å²) in [4.78, 5) is 31.3. The van der Waals surface area contributed by atoms with E-state index in [1.165, 1.54) is 17.7 Å². The van der Waals surface area contributed by atoms with Crippen LogP contribution in [0.3, 0.4) is 0 Å². The number of halogens is 2. The van der Waals surface area contributed by atoms with Crippen molar-refractivity contribution in [3.8, 4) is 18.0 Å². The zero-order valence-electron chi connectivity index (χ0n) is 18.1. The highest BCUT2D eigenvalue weighted by atomic mass is 19.2. The normalized spacial score (nSPS) is 14.4. The molecule has 1 fully saturated rings. The van der Waals surface area contributed by atoms with Gasteiger partial charge in [0.05, 0.1) is 29.0 Å². The lowest BCUT2D eigenvalue weighted by atomic mass is 9.77. The molecule has 0 bridgehead atoms. The molecule has 1 aliphatic carbocycles. The molecule has 0 spiro atoms. The summed E-state index contributed by atoms with van der Waals surface area (Å²) >= 11 is 0. The molecular formula is C23H22F2N6O2. The molecule has 0 amide bonds. The Bertz CT molecular complexity index is 1430. The number of nitrogens with zero attached hydrogens (tertiary/aromatic N) is 4. The number of hydrazine groups is 1. The van der Waals surface area contributed by atoms with Crippen LogP contribution in [-0.2, 0) is 5.54 Å². The number of benzene rings is 1. The van der Waals surface area contributed by atoms with Crippen LogP contribution in [0.25, 0.3) is 5.69 Å². The standard InChI is InChI=1S/C23H22F2N6O2/c1-4-23(6-5-7-23)30-14(3)20(31(27)19-10-17(25)16(24)9-18(19)26)21(32)29(22(30)33)15-8-13(2)11-28-12-15/h1,8-12H,5-7,26-27H2,2-3H3. The van der Waals surface area contributed by atoms with Gasteiger partial charge in [0.1, 0.15) is 11.2 Å². The zero-order valence-corrected chi connectivity index (χ0v) is 18.1. The van der Waals surface area contributed by atoms with Crippen molar-refractivity contribution >= 4 is 17.1 Å². The molecule has 33 heavy (non-hydrogen) atoms. The van der Waals surface area contributed by atoms with E-state index in [4.69, 9.17) is 18.0 Å². The molecule has 170 valence electrons. The average Bonchev–Trinajstić information content (AvgIpc) is 2.72. The molecule has 8 nitrogen and oxygen atoms in total. The summed E-state index contributed by atoms with van der Waals surface area (Å²) in [5.74, 6) is 6.59. The molecule has 10 heteroatoms. The minimum atomic E-state index is -1.19. The van der Waals surface area contributed by atoms with Gasteiger partial charge in [0.15, 0.2) is 11.6 Å². The maximum atomic E-state index is 14.0. The quantitative estimate of drug-likeness (QED) is 0.272. The molecule has 1 aliphatic rings. The fourth-order valence-electron chi connectivity index (χ4n) is 4.19. The van der Waals surface area contributed by atoms with Gasteiger partial charge in [-0.05, 0) is 44.7 Å². The van der Waals surface area contributed by atoms with Gasteiger partial charge in [-0.15, -0.1) is 6.42 Å². The molecule has 0 unspecified atom stereocenters. The molecule has 2 aromatic heterocycles. The lowest BCUT2D eigenvalue weighted by molar-refractivity contribution is 0.206. The monoisotopic (exact) mass is 452 g/mol. The zero-order chi connectivity index (χ0) is 24.1. The number of terminal acetylenes is 1. The fourth-order valence-corrected chi connectivity index (χ4v) is 4.19. The van der Waals surface area contributed by atoms with Gasteiger partial charge in [0.2, 0.25) is 0 Å². The van der Waals surface area contributed by atoms with E-state index in [9.17, 15) is 18.4 Å². The second-order valence-electron chi connectivity index (χ2n) is 8.14. The number of anilines is 3. The van der Waals surface area contributed by atoms with Gasteiger partial charge >= 0.3 is 5.69 Å². The maximum Gasteiger partial charge on any atom is 0.337 e. The summed E-state index contributed by atoms with van der Waals surface area (Å²) in [6, 6.07) is 3.18. The summed E-state index contributed by atoms with van der Waals surface area (Å²) in [5.41, 5.74) is 4.15. The number of aryl methyl sites for hydroxylation is 1. The Balaban J connectivity index is 2.09. The van der Waals surface area contributed by atoms with Crippen molar-refractivity contribution in [2.45, 2.75) is 38.6 Å². The Morgan fingerprint density at radius 1 is 1.15 bits per heavy atom. The molecule has 3 aromatic rings. The average molecular weight is 452 g/mol. The molecule has 0 saturated heterocycles. The van der Waals surface area contributed by atoms with E-state index < -0.39 is 28.4 Å². The van der Waals surface area contributed by atoms with Crippen LogP contribution in [-0.4, -0.2) is 14.1 Å². The Hall–Kier alpha value is -3.97. The molecule has 4 N–H and O–H groups in total. The molecule has 0 aliphatic heterocycles. The first kappa shape index (κ1) is 22.2. The first-order valence-electron chi connectivity index (χ1n) is 10.2. The largest absolute Gasteiger partial charge is 0.397 e. The third-order valence-corrected chi connectivity index (χ3v) is 6.03. The third-order valence-electron chi connectivity index (χ3n) is 6.03. The van der Waals surface area contributed by atoms with Crippen molar-refractivity contribution in [3.05, 3.63) is 74.3 Å². The van der Waals surface area contributed by atoms with Gasteiger partial charge in [0.25, 0.3) is 5.56 Å². The van der Waals surface area contributed by atoms with Crippen LogP contribution in [0.15, 0.2) is 40.2 Å². The second kappa shape index (κ2) is 7.86. The van der Waals surface area contributed by atoms with Gasteiger partial charge in [-0.2, -0.15) is 0 Å². The lowest BCUT2D eigenvalue weighted by Gasteiger charge is -2.41. The highest BCUT2D eigenvalue weighted by molar-refractivity contribution is 5.74. The Morgan fingerprint density at radius 2 is 1.82 bits per heavy atom. The number of pyridine rings is 1. The third kappa shape index (κ3) is 3.37. The smallest absolute Gasteiger partial charge is 0.337 e. The van der Waals surface area contributed by atoms with E-state index in [1.54, 1.807) is 19.2 Å². The molecule has 1 saturated carbocycles. The second-order valence-corrected chi connectivity index (χ2v) is 8.14. The molecule has 2 heterocycles. The van der Waals surface area contributed by atoms with Crippen LogP contribution in [0, 0.1) is 37.8 Å². The Morgan fingerprint density at radius 3 is 2.39 bits per heavy atom. The number of rotatable bonds is 4. The number of hydrogen-bond acceptors (Lipinski definition) is 6. The highest BCUT2D eigenvalue weighted by Gasteiger charge is 2.41. The van der Waals surface area contributed by atoms with Gasteiger partial charge < -0.3 is 5.73 Å². The van der Waals surface area contributed by atoms with Crippen LogP contribution in [0.5, 0.6) is 0 Å². The Kier molecular flexibility index (Phi) is 5.30. The van der Waals surface area contributed by atoms with Crippen molar-refractivity contribution in [3.63, 3.8) is 0 Å². The Labute approximate surface area is 188 Å². The number of nitrogen functional groups attached to an aromatic ring is 1. The van der Waals surface area contributed by atoms with E-state index in [0.717, 1.165) is 33.7 Å². The summed E-state index contributed by atoms with van der Waals surface area (Å²) in [5, 5.41) is 0.855. The predicted molar refractivity (Wildman–Crippen MR) is 121 cm³/mol. The highest BCUT2D eigenvalue weighted by Crippen LogP contribution is 2.40. The molecule has 0 atom stereocenters. The van der Waals surface area contributed by atoms with Crippen molar-refractivity contribution in [1.82, 2.24) is 14.1 Å². The van der Waals surface area contributed by atoms with Gasteiger partial charge in [0, 0.05) is 18.3 Å². The first-order chi connectivity index (χ1) is 15.6. The first-order valence-corrected chi connectivity index (χ1v) is 10.2. The van der Waals surface area contributed by atoms with Crippen molar-refractivity contribution in [2.24, 2.45) is 5.84 Å². The van der Waals surface area contributed by atoms with E-state index in [-0.39, 0.29) is 28.4 Å². The van der Waals surface area contributed by atoms with E-state index in [2.05, 4.69) is 10.9 Å². The van der Waals surface area contributed by atoms with E-state index >= 15 is 0 Å². The fraction of sp³-hybridized carbons (Fsp3) is 0.261. The minimum Gasteiger partial charge on any atom is -0.397 e.